The SMILES string of the molecule is CCc1ncn(CCCN)c1C. The number of hydrogen-bond donors (Lipinski definition) is 1. The summed E-state index contributed by atoms with van der Waals surface area (Å²) < 4.78 is 2.17. The molecule has 0 atom stereocenters. The zero-order valence-corrected chi connectivity index (χ0v) is 7.88. The predicted molar refractivity (Wildman–Crippen MR) is 50.0 cm³/mol. The molecule has 0 bridgehead atoms. The smallest absolute Gasteiger partial charge is 0.0951 e. The highest BCUT2D eigenvalue weighted by atomic mass is 15.0. The van der Waals surface area contributed by atoms with Crippen LogP contribution in [0.4, 0.5) is 0 Å². The first-order valence-corrected chi connectivity index (χ1v) is 4.50. The first-order valence-electron chi connectivity index (χ1n) is 4.50. The monoisotopic (exact) mass is 167 g/mol. The number of imidazole rings is 1. The second-order valence-corrected chi connectivity index (χ2v) is 2.97. The summed E-state index contributed by atoms with van der Waals surface area (Å²) in [5, 5.41) is 0. The standard InChI is InChI=1S/C9H17N3/c1-3-9-8(2)12(7-11-9)6-4-5-10/h7H,3-6,10H2,1-2H3. The van der Waals surface area contributed by atoms with Crippen LogP contribution in [0.1, 0.15) is 24.7 Å². The first kappa shape index (κ1) is 9.26. The van der Waals surface area contributed by atoms with Gasteiger partial charge in [0.25, 0.3) is 0 Å². The number of rotatable bonds is 4. The summed E-state index contributed by atoms with van der Waals surface area (Å²) in [6.45, 7) is 5.99. The van der Waals surface area contributed by atoms with Crippen LogP contribution in [0.15, 0.2) is 6.33 Å². The Kier molecular flexibility index (Phi) is 3.29. The molecule has 0 radical (unpaired) electrons. The molecule has 0 fully saturated rings. The highest BCUT2D eigenvalue weighted by Gasteiger charge is 2.02. The maximum atomic E-state index is 5.43. The molecule has 0 unspecified atom stereocenters. The van der Waals surface area contributed by atoms with E-state index >= 15 is 0 Å². The van der Waals surface area contributed by atoms with Crippen LogP contribution < -0.4 is 5.73 Å². The van der Waals surface area contributed by atoms with E-state index in [4.69, 9.17) is 5.73 Å². The van der Waals surface area contributed by atoms with E-state index in [2.05, 4.69) is 23.4 Å². The Morgan fingerprint density at radius 1 is 1.58 bits per heavy atom. The molecule has 0 aliphatic heterocycles. The van der Waals surface area contributed by atoms with E-state index in [1.54, 1.807) is 0 Å². The lowest BCUT2D eigenvalue weighted by Crippen LogP contribution is -2.06. The van der Waals surface area contributed by atoms with Gasteiger partial charge in [-0.15, -0.1) is 0 Å². The van der Waals surface area contributed by atoms with Gasteiger partial charge in [0, 0.05) is 12.2 Å². The number of nitrogens with two attached hydrogens (primary N) is 1. The Balaban J connectivity index is 2.66. The minimum Gasteiger partial charge on any atom is -0.335 e. The molecule has 0 spiro atoms. The molecule has 0 amide bonds. The third-order valence-corrected chi connectivity index (χ3v) is 2.14. The van der Waals surface area contributed by atoms with Crippen molar-refractivity contribution in [3.63, 3.8) is 0 Å². The molecule has 0 aliphatic rings. The predicted octanol–water partition coefficient (Wildman–Crippen LogP) is 1.10. The molecule has 1 rings (SSSR count). The van der Waals surface area contributed by atoms with Crippen LogP contribution in [0.5, 0.6) is 0 Å². The van der Waals surface area contributed by atoms with Crippen LogP contribution in [0.2, 0.25) is 0 Å². The molecule has 1 aromatic rings. The second-order valence-electron chi connectivity index (χ2n) is 2.97. The minimum absolute atomic E-state index is 0.749. The number of hydrogen-bond acceptors (Lipinski definition) is 2. The summed E-state index contributed by atoms with van der Waals surface area (Å²) in [5.74, 6) is 0. The van der Waals surface area contributed by atoms with Gasteiger partial charge in [0.1, 0.15) is 0 Å². The van der Waals surface area contributed by atoms with Gasteiger partial charge in [0.15, 0.2) is 0 Å². The molecular weight excluding hydrogens is 150 g/mol. The van der Waals surface area contributed by atoms with Crippen molar-refractivity contribution < 1.29 is 0 Å². The van der Waals surface area contributed by atoms with Crippen molar-refractivity contribution >= 4 is 0 Å². The summed E-state index contributed by atoms with van der Waals surface area (Å²) in [6, 6.07) is 0. The molecule has 0 saturated carbocycles. The summed E-state index contributed by atoms with van der Waals surface area (Å²) in [6.07, 6.45) is 3.95. The number of aromatic nitrogens is 2. The van der Waals surface area contributed by atoms with Crippen LogP contribution in [-0.4, -0.2) is 16.1 Å². The minimum atomic E-state index is 0.749. The van der Waals surface area contributed by atoms with E-state index < -0.39 is 0 Å². The average Bonchev–Trinajstić information content (AvgIpc) is 2.43. The van der Waals surface area contributed by atoms with Gasteiger partial charge in [0.05, 0.1) is 12.0 Å². The fourth-order valence-electron chi connectivity index (χ4n) is 1.32. The van der Waals surface area contributed by atoms with Crippen molar-refractivity contribution in [2.24, 2.45) is 5.73 Å². The molecule has 3 nitrogen and oxygen atoms in total. The molecular formula is C9H17N3. The van der Waals surface area contributed by atoms with Gasteiger partial charge < -0.3 is 10.3 Å². The zero-order valence-electron chi connectivity index (χ0n) is 7.88. The van der Waals surface area contributed by atoms with Gasteiger partial charge >= 0.3 is 0 Å². The number of nitrogens with zero attached hydrogens (tertiary/aromatic N) is 2. The van der Waals surface area contributed by atoms with Gasteiger partial charge in [-0.3, -0.25) is 0 Å². The lowest BCUT2D eigenvalue weighted by molar-refractivity contribution is 0.635. The summed E-state index contributed by atoms with van der Waals surface area (Å²) in [4.78, 5) is 4.31. The lowest BCUT2D eigenvalue weighted by atomic mass is 10.3. The summed E-state index contributed by atoms with van der Waals surface area (Å²) >= 11 is 0. The summed E-state index contributed by atoms with van der Waals surface area (Å²) in [5.41, 5.74) is 7.92. The van der Waals surface area contributed by atoms with E-state index in [9.17, 15) is 0 Å². The van der Waals surface area contributed by atoms with E-state index in [1.165, 1.54) is 11.4 Å². The Morgan fingerprint density at radius 2 is 2.33 bits per heavy atom. The molecule has 0 aromatic carbocycles. The molecule has 2 N–H and O–H groups in total. The Labute approximate surface area is 73.6 Å². The van der Waals surface area contributed by atoms with Crippen molar-refractivity contribution in [3.8, 4) is 0 Å². The number of aryl methyl sites for hydroxylation is 2. The van der Waals surface area contributed by atoms with Crippen molar-refractivity contribution in [2.75, 3.05) is 6.54 Å². The van der Waals surface area contributed by atoms with Gasteiger partial charge in [-0.25, -0.2) is 4.98 Å². The molecule has 0 aliphatic carbocycles. The van der Waals surface area contributed by atoms with E-state index in [0.717, 1.165) is 25.9 Å². The van der Waals surface area contributed by atoms with Gasteiger partial charge in [0.2, 0.25) is 0 Å². The third-order valence-electron chi connectivity index (χ3n) is 2.14. The molecule has 1 heterocycles. The fourth-order valence-corrected chi connectivity index (χ4v) is 1.32. The molecule has 0 saturated heterocycles. The zero-order chi connectivity index (χ0) is 8.97. The van der Waals surface area contributed by atoms with Crippen molar-refractivity contribution in [2.45, 2.75) is 33.2 Å². The summed E-state index contributed by atoms with van der Waals surface area (Å²) in [7, 11) is 0. The average molecular weight is 167 g/mol. The van der Waals surface area contributed by atoms with Crippen LogP contribution in [-0.2, 0) is 13.0 Å². The molecule has 3 heteroatoms. The second kappa shape index (κ2) is 4.26. The van der Waals surface area contributed by atoms with Gasteiger partial charge in [-0.2, -0.15) is 0 Å². The van der Waals surface area contributed by atoms with E-state index in [0.29, 0.717) is 0 Å². The molecule has 12 heavy (non-hydrogen) atoms. The maximum absolute atomic E-state index is 5.43. The highest BCUT2D eigenvalue weighted by Crippen LogP contribution is 2.06. The van der Waals surface area contributed by atoms with Crippen molar-refractivity contribution in [1.82, 2.24) is 9.55 Å². The fraction of sp³-hybridized carbons (Fsp3) is 0.667. The van der Waals surface area contributed by atoms with E-state index in [1.807, 2.05) is 6.33 Å². The quantitative estimate of drug-likeness (QED) is 0.730. The Morgan fingerprint density at radius 3 is 2.83 bits per heavy atom. The largest absolute Gasteiger partial charge is 0.335 e. The first-order chi connectivity index (χ1) is 5.79. The van der Waals surface area contributed by atoms with Crippen molar-refractivity contribution in [1.29, 1.82) is 0 Å². The highest BCUT2D eigenvalue weighted by molar-refractivity contribution is 5.10. The Hall–Kier alpha value is -0.830. The van der Waals surface area contributed by atoms with Crippen molar-refractivity contribution in [3.05, 3.63) is 17.7 Å². The topological polar surface area (TPSA) is 43.8 Å². The lowest BCUT2D eigenvalue weighted by Gasteiger charge is -2.03. The molecule has 68 valence electrons. The van der Waals surface area contributed by atoms with Crippen LogP contribution in [0.25, 0.3) is 0 Å². The Bertz CT molecular complexity index is 240. The maximum Gasteiger partial charge on any atom is 0.0951 e. The normalized spacial score (nSPS) is 10.6. The van der Waals surface area contributed by atoms with E-state index in [-0.39, 0.29) is 0 Å². The molecule has 1 aromatic heterocycles. The van der Waals surface area contributed by atoms with Gasteiger partial charge in [-0.1, -0.05) is 6.92 Å². The third kappa shape index (κ3) is 1.85. The van der Waals surface area contributed by atoms with Crippen LogP contribution in [0.3, 0.4) is 0 Å². The van der Waals surface area contributed by atoms with Crippen LogP contribution >= 0.6 is 0 Å². The van der Waals surface area contributed by atoms with Gasteiger partial charge in [-0.05, 0) is 26.3 Å². The van der Waals surface area contributed by atoms with Crippen LogP contribution in [0, 0.1) is 6.92 Å².